The zero-order valence-electron chi connectivity index (χ0n) is 7.49. The van der Waals surface area contributed by atoms with Gasteiger partial charge in [0.2, 0.25) is 12.0 Å². The highest BCUT2D eigenvalue weighted by atomic mass is 16.7. The van der Waals surface area contributed by atoms with Crippen molar-refractivity contribution in [3.63, 3.8) is 0 Å². The Morgan fingerprint density at radius 1 is 1.77 bits per heavy atom. The predicted octanol–water partition coefficient (Wildman–Crippen LogP) is 0.826. The number of hydrogen-bond acceptors (Lipinski definition) is 4. The average molecular weight is 184 g/mol. The summed E-state index contributed by atoms with van der Waals surface area (Å²) in [4.78, 5) is 11.2. The van der Waals surface area contributed by atoms with E-state index in [-0.39, 0.29) is 18.2 Å². The Morgan fingerprint density at radius 2 is 2.62 bits per heavy atom. The van der Waals surface area contributed by atoms with Crippen LogP contribution in [0.25, 0.3) is 0 Å². The smallest absolute Gasteiger partial charge is 0.373 e. The van der Waals surface area contributed by atoms with Gasteiger partial charge in [-0.2, -0.15) is 0 Å². The van der Waals surface area contributed by atoms with Gasteiger partial charge in [-0.15, -0.1) is 0 Å². The molecule has 0 aliphatic carbocycles. The van der Waals surface area contributed by atoms with Gasteiger partial charge in [-0.05, 0) is 19.4 Å². The van der Waals surface area contributed by atoms with Gasteiger partial charge in [0.05, 0.1) is 13.2 Å². The molecule has 0 unspecified atom stereocenters. The van der Waals surface area contributed by atoms with Crippen LogP contribution in [0.4, 0.5) is 0 Å². The standard InChI is InChI=1S/C9H12O4/c1-2-11-8(10)7-5-6-3-4-12-9(6)13-7/h5-6,9H,2-4H2,1H3/t6-,9-/m0/s1. The molecule has 0 N–H and O–H groups in total. The predicted molar refractivity (Wildman–Crippen MR) is 43.6 cm³/mol. The Morgan fingerprint density at radius 3 is 3.31 bits per heavy atom. The summed E-state index contributed by atoms with van der Waals surface area (Å²) in [6.45, 7) is 2.85. The average Bonchev–Trinajstić information content (AvgIpc) is 2.61. The lowest BCUT2D eigenvalue weighted by Gasteiger charge is -2.09. The quantitative estimate of drug-likeness (QED) is 0.596. The van der Waals surface area contributed by atoms with E-state index in [0.29, 0.717) is 19.0 Å². The van der Waals surface area contributed by atoms with Gasteiger partial charge in [-0.1, -0.05) is 0 Å². The van der Waals surface area contributed by atoms with Gasteiger partial charge < -0.3 is 14.2 Å². The molecule has 2 aliphatic rings. The number of carbonyl (C=O) groups is 1. The first-order valence-electron chi connectivity index (χ1n) is 4.48. The summed E-state index contributed by atoms with van der Waals surface area (Å²) >= 11 is 0. The van der Waals surface area contributed by atoms with Gasteiger partial charge >= 0.3 is 5.97 Å². The molecule has 13 heavy (non-hydrogen) atoms. The highest BCUT2D eigenvalue weighted by molar-refractivity contribution is 5.86. The third-order valence-electron chi connectivity index (χ3n) is 2.17. The third kappa shape index (κ3) is 1.54. The number of hydrogen-bond donors (Lipinski definition) is 0. The van der Waals surface area contributed by atoms with Crippen molar-refractivity contribution >= 4 is 5.97 Å². The second-order valence-corrected chi connectivity index (χ2v) is 3.06. The molecule has 2 heterocycles. The van der Waals surface area contributed by atoms with Crippen LogP contribution in [0, 0.1) is 5.92 Å². The molecule has 4 nitrogen and oxygen atoms in total. The monoisotopic (exact) mass is 184 g/mol. The maximum Gasteiger partial charge on any atom is 0.373 e. The van der Waals surface area contributed by atoms with Gasteiger partial charge in [0.1, 0.15) is 0 Å². The van der Waals surface area contributed by atoms with Crippen molar-refractivity contribution in [2.45, 2.75) is 19.6 Å². The van der Waals surface area contributed by atoms with Crippen LogP contribution in [0.1, 0.15) is 13.3 Å². The normalized spacial score (nSPS) is 30.7. The molecule has 2 aliphatic heterocycles. The van der Waals surface area contributed by atoms with Gasteiger partial charge in [0.15, 0.2) is 0 Å². The number of carbonyl (C=O) groups excluding carboxylic acids is 1. The third-order valence-corrected chi connectivity index (χ3v) is 2.17. The summed E-state index contributed by atoms with van der Waals surface area (Å²) in [5.41, 5.74) is 0. The lowest BCUT2D eigenvalue weighted by atomic mass is 10.1. The van der Waals surface area contributed by atoms with Crippen molar-refractivity contribution < 1.29 is 19.0 Å². The first-order valence-corrected chi connectivity index (χ1v) is 4.48. The maximum atomic E-state index is 11.2. The van der Waals surface area contributed by atoms with Crippen LogP contribution in [0.15, 0.2) is 11.8 Å². The summed E-state index contributed by atoms with van der Waals surface area (Å²) in [5.74, 6) is 0.149. The number of esters is 1. The SMILES string of the molecule is CCOC(=O)C1=C[C@@H]2CCO[C@H]2O1. The van der Waals surface area contributed by atoms with Crippen molar-refractivity contribution in [1.82, 2.24) is 0 Å². The lowest BCUT2D eigenvalue weighted by molar-refractivity contribution is -0.148. The van der Waals surface area contributed by atoms with Gasteiger partial charge in [-0.25, -0.2) is 4.79 Å². The molecular weight excluding hydrogens is 172 g/mol. The minimum absolute atomic E-state index is 0.236. The fourth-order valence-corrected chi connectivity index (χ4v) is 1.54. The molecule has 0 amide bonds. The second kappa shape index (κ2) is 3.38. The van der Waals surface area contributed by atoms with Crippen LogP contribution < -0.4 is 0 Å². The molecule has 0 radical (unpaired) electrons. The van der Waals surface area contributed by atoms with E-state index in [1.165, 1.54) is 0 Å². The minimum Gasteiger partial charge on any atom is -0.460 e. The van der Waals surface area contributed by atoms with E-state index in [9.17, 15) is 4.79 Å². The molecule has 1 fully saturated rings. The van der Waals surface area contributed by atoms with E-state index in [2.05, 4.69) is 0 Å². The number of rotatable bonds is 2. The van der Waals surface area contributed by atoms with Crippen molar-refractivity contribution in [3.05, 3.63) is 11.8 Å². The fraction of sp³-hybridized carbons (Fsp3) is 0.667. The zero-order valence-corrected chi connectivity index (χ0v) is 7.49. The highest BCUT2D eigenvalue weighted by Gasteiger charge is 2.37. The van der Waals surface area contributed by atoms with Crippen molar-refractivity contribution in [3.8, 4) is 0 Å². The van der Waals surface area contributed by atoms with E-state index in [1.807, 2.05) is 0 Å². The Balaban J connectivity index is 1.99. The molecule has 0 spiro atoms. The van der Waals surface area contributed by atoms with Crippen LogP contribution in [0.5, 0.6) is 0 Å². The molecule has 2 rings (SSSR count). The van der Waals surface area contributed by atoms with Crippen molar-refractivity contribution in [2.24, 2.45) is 5.92 Å². The lowest BCUT2D eigenvalue weighted by Crippen LogP contribution is -2.14. The van der Waals surface area contributed by atoms with Gasteiger partial charge in [-0.3, -0.25) is 0 Å². The second-order valence-electron chi connectivity index (χ2n) is 3.06. The zero-order chi connectivity index (χ0) is 9.26. The Kier molecular flexibility index (Phi) is 2.22. The van der Waals surface area contributed by atoms with Crippen molar-refractivity contribution in [2.75, 3.05) is 13.2 Å². The topological polar surface area (TPSA) is 44.8 Å². The Hall–Kier alpha value is -1.03. The highest BCUT2D eigenvalue weighted by Crippen LogP contribution is 2.32. The number of fused-ring (bicyclic) bond motifs is 1. The Labute approximate surface area is 76.5 Å². The first-order chi connectivity index (χ1) is 6.31. The van der Waals surface area contributed by atoms with Gasteiger partial charge in [0.25, 0.3) is 0 Å². The summed E-state index contributed by atoms with van der Waals surface area (Å²) < 4.78 is 15.3. The van der Waals surface area contributed by atoms with Crippen LogP contribution in [0.2, 0.25) is 0 Å². The van der Waals surface area contributed by atoms with Crippen molar-refractivity contribution in [1.29, 1.82) is 0 Å². The molecule has 0 aromatic carbocycles. The molecule has 1 saturated heterocycles. The maximum absolute atomic E-state index is 11.2. The minimum atomic E-state index is -0.388. The molecule has 0 bridgehead atoms. The molecule has 0 aromatic heterocycles. The molecule has 4 heteroatoms. The van der Waals surface area contributed by atoms with E-state index in [0.717, 1.165) is 6.42 Å². The number of ether oxygens (including phenoxy) is 3. The molecule has 72 valence electrons. The molecule has 0 saturated carbocycles. The molecule has 0 aromatic rings. The van der Waals surface area contributed by atoms with Crippen LogP contribution in [0.3, 0.4) is 0 Å². The summed E-state index contributed by atoms with van der Waals surface area (Å²) in [6, 6.07) is 0. The van der Waals surface area contributed by atoms with E-state index in [4.69, 9.17) is 14.2 Å². The first kappa shape index (κ1) is 8.56. The van der Waals surface area contributed by atoms with Crippen LogP contribution in [-0.4, -0.2) is 25.5 Å². The van der Waals surface area contributed by atoms with Crippen LogP contribution >= 0.6 is 0 Å². The molecule has 2 atom stereocenters. The summed E-state index contributed by atoms with van der Waals surface area (Å²) in [5, 5.41) is 0. The van der Waals surface area contributed by atoms with Gasteiger partial charge in [0, 0.05) is 5.92 Å². The van der Waals surface area contributed by atoms with E-state index < -0.39 is 0 Å². The Bertz CT molecular complexity index is 246. The van der Waals surface area contributed by atoms with E-state index in [1.54, 1.807) is 13.0 Å². The van der Waals surface area contributed by atoms with Crippen LogP contribution in [-0.2, 0) is 19.0 Å². The fourth-order valence-electron chi connectivity index (χ4n) is 1.54. The summed E-state index contributed by atoms with van der Waals surface area (Å²) in [6.07, 6.45) is 2.47. The largest absolute Gasteiger partial charge is 0.460 e. The van der Waals surface area contributed by atoms with E-state index >= 15 is 0 Å². The molecular formula is C9H12O4. The summed E-state index contributed by atoms with van der Waals surface area (Å²) in [7, 11) is 0.